The fraction of sp³-hybridized carbons (Fsp3) is 0.882. The summed E-state index contributed by atoms with van der Waals surface area (Å²) >= 11 is 0. The summed E-state index contributed by atoms with van der Waals surface area (Å²) in [6, 6.07) is 0. The van der Waals surface area contributed by atoms with Crippen LogP contribution >= 0.6 is 0 Å². The number of aliphatic imine (C=N–C) groups is 1. The highest BCUT2D eigenvalue weighted by atomic mass is 16.5. The molecular weight excluding hydrogens is 264 g/mol. The van der Waals surface area contributed by atoms with Crippen molar-refractivity contribution in [2.24, 2.45) is 28.2 Å². The summed E-state index contributed by atoms with van der Waals surface area (Å²) in [6.45, 7) is 12.8. The molecule has 0 spiro atoms. The summed E-state index contributed by atoms with van der Waals surface area (Å²) in [7, 11) is 0. The Bertz CT molecular complexity index is 438. The first-order chi connectivity index (χ1) is 10.0. The Hall–Kier alpha value is -0.740. The number of carbonyl (C=O) groups is 1. The molecule has 4 nitrogen and oxygen atoms in total. The predicted octanol–water partition coefficient (Wildman–Crippen LogP) is 0.614. The number of ether oxygens (including phenoxy) is 1. The van der Waals surface area contributed by atoms with Gasteiger partial charge in [0.25, 0.3) is 0 Å². The van der Waals surface area contributed by atoms with Crippen LogP contribution in [0.3, 0.4) is 0 Å². The zero-order valence-corrected chi connectivity index (χ0v) is 13.7. The van der Waals surface area contributed by atoms with Gasteiger partial charge in [0.05, 0.1) is 25.7 Å². The van der Waals surface area contributed by atoms with Crippen molar-refractivity contribution < 1.29 is 14.4 Å². The normalized spacial score (nSPS) is 35.9. The average molecular weight is 293 g/mol. The summed E-state index contributed by atoms with van der Waals surface area (Å²) in [5.74, 6) is 1.75. The lowest BCUT2D eigenvalue weighted by Gasteiger charge is -2.23. The van der Waals surface area contributed by atoms with Crippen LogP contribution in [0, 0.1) is 23.2 Å². The topological polar surface area (TPSA) is 43.1 Å². The van der Waals surface area contributed by atoms with Gasteiger partial charge in [0.15, 0.2) is 0 Å². The van der Waals surface area contributed by atoms with Crippen molar-refractivity contribution in [1.29, 1.82) is 0 Å². The highest BCUT2D eigenvalue weighted by Crippen LogP contribution is 2.68. The van der Waals surface area contributed by atoms with Gasteiger partial charge in [0.1, 0.15) is 18.9 Å². The number of rotatable bonds is 5. The molecule has 21 heavy (non-hydrogen) atoms. The van der Waals surface area contributed by atoms with Gasteiger partial charge < -0.3 is 9.64 Å². The molecule has 3 aliphatic rings. The van der Waals surface area contributed by atoms with Crippen LogP contribution in [-0.4, -0.2) is 50.9 Å². The maximum absolute atomic E-state index is 12.1. The SMILES string of the molecule is CC(=NCCC[NH+]1CCOCC1)C1C(=O)C[C@@H]2[C@H]1C2(C)C. The van der Waals surface area contributed by atoms with E-state index in [2.05, 4.69) is 20.8 Å². The van der Waals surface area contributed by atoms with E-state index in [1.54, 1.807) is 4.90 Å². The molecule has 0 amide bonds. The highest BCUT2D eigenvalue weighted by Gasteiger charge is 2.67. The molecule has 0 aromatic rings. The van der Waals surface area contributed by atoms with Crippen molar-refractivity contribution in [2.75, 3.05) is 39.4 Å². The second kappa shape index (κ2) is 5.81. The number of Topliss-reactive ketones (excluding diaryl/α,β-unsaturated/α-hetero) is 1. The van der Waals surface area contributed by atoms with Crippen LogP contribution in [0.1, 0.15) is 33.6 Å². The molecule has 1 aliphatic heterocycles. The smallest absolute Gasteiger partial charge is 0.142 e. The van der Waals surface area contributed by atoms with E-state index in [1.165, 1.54) is 6.54 Å². The largest absolute Gasteiger partial charge is 0.370 e. The molecule has 2 aliphatic carbocycles. The van der Waals surface area contributed by atoms with E-state index in [0.717, 1.165) is 51.4 Å². The Morgan fingerprint density at radius 3 is 2.76 bits per heavy atom. The Balaban J connectivity index is 1.46. The minimum Gasteiger partial charge on any atom is -0.370 e. The van der Waals surface area contributed by atoms with Gasteiger partial charge in [-0.15, -0.1) is 0 Å². The van der Waals surface area contributed by atoms with Gasteiger partial charge >= 0.3 is 0 Å². The summed E-state index contributed by atoms with van der Waals surface area (Å²) in [5.41, 5.74) is 1.46. The minimum atomic E-state index is 0.126. The van der Waals surface area contributed by atoms with Gasteiger partial charge in [-0.1, -0.05) is 13.8 Å². The standard InChI is InChI=1S/C17H28N2O2/c1-12(15-14(20)11-13-16(15)17(13,2)3)18-5-4-6-19-7-9-21-10-8-19/h13,15-16H,4-11H2,1-3H3/p+1/t13-,15?,16-/m1/s1. The van der Waals surface area contributed by atoms with Gasteiger partial charge in [0.2, 0.25) is 0 Å². The van der Waals surface area contributed by atoms with E-state index in [0.29, 0.717) is 23.0 Å². The number of nitrogens with one attached hydrogen (secondary N) is 1. The zero-order chi connectivity index (χ0) is 15.0. The Kier molecular flexibility index (Phi) is 4.19. The summed E-state index contributed by atoms with van der Waals surface area (Å²) in [6.07, 6.45) is 1.90. The molecule has 0 radical (unpaired) electrons. The number of nitrogens with zero attached hydrogens (tertiary/aromatic N) is 1. The lowest BCUT2D eigenvalue weighted by molar-refractivity contribution is -0.908. The molecule has 1 saturated heterocycles. The van der Waals surface area contributed by atoms with Crippen LogP contribution in [0.2, 0.25) is 0 Å². The van der Waals surface area contributed by atoms with Crippen LogP contribution in [0.5, 0.6) is 0 Å². The molecule has 0 bridgehead atoms. The molecular formula is C17H29N2O2+. The number of hydrogen-bond acceptors (Lipinski definition) is 3. The van der Waals surface area contributed by atoms with Gasteiger partial charge in [-0.3, -0.25) is 9.79 Å². The van der Waals surface area contributed by atoms with Gasteiger partial charge in [-0.25, -0.2) is 0 Å². The number of hydrogen-bond donors (Lipinski definition) is 1. The number of carbonyl (C=O) groups excluding carboxylic acids is 1. The second-order valence-electron chi connectivity index (χ2n) is 7.59. The lowest BCUT2D eigenvalue weighted by Crippen LogP contribution is -3.14. The number of quaternary nitrogens is 1. The lowest BCUT2D eigenvalue weighted by atomic mass is 9.89. The summed E-state index contributed by atoms with van der Waals surface area (Å²) < 4.78 is 5.37. The molecule has 0 aromatic carbocycles. The Labute approximate surface area is 127 Å². The molecule has 1 unspecified atom stereocenters. The molecule has 1 heterocycles. The van der Waals surface area contributed by atoms with Crippen LogP contribution in [-0.2, 0) is 9.53 Å². The van der Waals surface area contributed by atoms with E-state index < -0.39 is 0 Å². The van der Waals surface area contributed by atoms with Gasteiger partial charge in [-0.2, -0.15) is 0 Å². The molecule has 2 saturated carbocycles. The molecule has 3 fully saturated rings. The first-order valence-electron chi connectivity index (χ1n) is 8.47. The van der Waals surface area contributed by atoms with Crippen molar-refractivity contribution in [3.63, 3.8) is 0 Å². The molecule has 0 aromatic heterocycles. The van der Waals surface area contributed by atoms with E-state index in [9.17, 15) is 4.79 Å². The van der Waals surface area contributed by atoms with Crippen LogP contribution < -0.4 is 4.90 Å². The van der Waals surface area contributed by atoms with Crippen molar-refractivity contribution in [3.05, 3.63) is 0 Å². The van der Waals surface area contributed by atoms with E-state index in [-0.39, 0.29) is 5.92 Å². The van der Waals surface area contributed by atoms with Crippen LogP contribution in [0.4, 0.5) is 0 Å². The van der Waals surface area contributed by atoms with Crippen LogP contribution in [0.25, 0.3) is 0 Å². The van der Waals surface area contributed by atoms with Crippen LogP contribution in [0.15, 0.2) is 4.99 Å². The fourth-order valence-corrected chi connectivity index (χ4v) is 4.47. The minimum absolute atomic E-state index is 0.126. The van der Waals surface area contributed by atoms with Crippen molar-refractivity contribution in [2.45, 2.75) is 33.6 Å². The quantitative estimate of drug-likeness (QED) is 0.596. The third-order valence-electron chi connectivity index (χ3n) is 5.97. The fourth-order valence-electron chi connectivity index (χ4n) is 4.47. The highest BCUT2D eigenvalue weighted by molar-refractivity contribution is 6.07. The summed E-state index contributed by atoms with van der Waals surface area (Å²) in [5, 5.41) is 0. The maximum atomic E-state index is 12.1. The third kappa shape index (κ3) is 2.93. The monoisotopic (exact) mass is 293 g/mol. The molecule has 118 valence electrons. The van der Waals surface area contributed by atoms with Crippen molar-refractivity contribution >= 4 is 11.5 Å². The number of fused-ring (bicyclic) bond motifs is 1. The van der Waals surface area contributed by atoms with E-state index in [1.807, 2.05) is 0 Å². The van der Waals surface area contributed by atoms with Crippen molar-refractivity contribution in [1.82, 2.24) is 0 Å². The van der Waals surface area contributed by atoms with E-state index in [4.69, 9.17) is 9.73 Å². The summed E-state index contributed by atoms with van der Waals surface area (Å²) in [4.78, 5) is 18.5. The van der Waals surface area contributed by atoms with E-state index >= 15 is 0 Å². The predicted molar refractivity (Wildman–Crippen MR) is 82.9 cm³/mol. The Morgan fingerprint density at radius 2 is 2.10 bits per heavy atom. The molecule has 4 heteroatoms. The molecule has 1 N–H and O–H groups in total. The first-order valence-corrected chi connectivity index (χ1v) is 8.47. The number of morpholine rings is 1. The molecule has 3 atom stereocenters. The van der Waals surface area contributed by atoms with Gasteiger partial charge in [0, 0.05) is 25.1 Å². The Morgan fingerprint density at radius 1 is 1.38 bits per heavy atom. The molecule has 3 rings (SSSR count). The third-order valence-corrected chi connectivity index (χ3v) is 5.97. The van der Waals surface area contributed by atoms with Crippen molar-refractivity contribution in [3.8, 4) is 0 Å². The maximum Gasteiger partial charge on any atom is 0.142 e. The zero-order valence-electron chi connectivity index (χ0n) is 13.7. The van der Waals surface area contributed by atoms with Gasteiger partial charge in [-0.05, 0) is 24.2 Å². The second-order valence-corrected chi connectivity index (χ2v) is 7.59. The first kappa shape index (κ1) is 15.2. The number of ketones is 1. The average Bonchev–Trinajstić information content (AvgIpc) is 2.83.